The lowest BCUT2D eigenvalue weighted by Gasteiger charge is -2.24. The zero-order chi connectivity index (χ0) is 15.0. The van der Waals surface area contributed by atoms with Gasteiger partial charge < -0.3 is 9.84 Å². The van der Waals surface area contributed by atoms with Gasteiger partial charge >= 0.3 is 0 Å². The van der Waals surface area contributed by atoms with Crippen LogP contribution < -0.4 is 0 Å². The fourth-order valence-electron chi connectivity index (χ4n) is 2.08. The maximum atomic E-state index is 13.1. The third-order valence-electron chi connectivity index (χ3n) is 3.17. The smallest absolute Gasteiger partial charge is 0.123 e. The number of methoxy groups -OCH3 is 1. The molecule has 0 aliphatic rings. The number of rotatable bonds is 8. The first-order valence-electron chi connectivity index (χ1n) is 6.60. The molecule has 1 unspecified atom stereocenters. The highest BCUT2D eigenvalue weighted by atomic mass is 19.1. The van der Waals surface area contributed by atoms with Gasteiger partial charge in [-0.1, -0.05) is 6.07 Å². The normalized spacial score (nSPS) is 12.4. The van der Waals surface area contributed by atoms with E-state index < -0.39 is 6.10 Å². The van der Waals surface area contributed by atoms with Crippen LogP contribution in [0.5, 0.6) is 0 Å². The summed E-state index contributed by atoms with van der Waals surface area (Å²) in [7, 11) is 1.61. The Labute approximate surface area is 119 Å². The van der Waals surface area contributed by atoms with Crippen molar-refractivity contribution < 1.29 is 14.2 Å². The molecule has 1 atom stereocenters. The van der Waals surface area contributed by atoms with Gasteiger partial charge in [0.1, 0.15) is 5.82 Å². The monoisotopic (exact) mass is 280 g/mol. The average Bonchev–Trinajstić information content (AvgIpc) is 2.41. The Kier molecular flexibility index (Phi) is 7.16. The van der Waals surface area contributed by atoms with Crippen LogP contribution in [0.2, 0.25) is 0 Å². The van der Waals surface area contributed by atoms with Crippen LogP contribution in [-0.4, -0.2) is 43.4 Å². The van der Waals surface area contributed by atoms with Gasteiger partial charge in [-0.05, 0) is 30.2 Å². The van der Waals surface area contributed by atoms with Crippen LogP contribution in [-0.2, 0) is 4.74 Å². The van der Waals surface area contributed by atoms with Crippen molar-refractivity contribution in [1.29, 1.82) is 5.26 Å². The number of hydrogen-bond acceptors (Lipinski definition) is 4. The van der Waals surface area contributed by atoms with Crippen LogP contribution in [0.15, 0.2) is 18.2 Å². The first-order chi connectivity index (χ1) is 9.58. The highest BCUT2D eigenvalue weighted by molar-refractivity contribution is 5.28. The maximum Gasteiger partial charge on any atom is 0.123 e. The molecule has 0 aromatic heterocycles. The summed E-state index contributed by atoms with van der Waals surface area (Å²) in [6.45, 7) is 3.95. The number of halogens is 1. The number of ether oxygens (including phenoxy) is 1. The van der Waals surface area contributed by atoms with Crippen molar-refractivity contribution in [2.75, 3.05) is 33.4 Å². The van der Waals surface area contributed by atoms with Gasteiger partial charge in [-0.2, -0.15) is 5.26 Å². The van der Waals surface area contributed by atoms with Crippen molar-refractivity contribution in [3.8, 4) is 6.07 Å². The van der Waals surface area contributed by atoms with E-state index in [1.54, 1.807) is 20.1 Å². The molecular weight excluding hydrogens is 259 g/mol. The molecule has 1 aromatic rings. The minimum absolute atomic E-state index is 0.306. The van der Waals surface area contributed by atoms with Gasteiger partial charge in [0.25, 0.3) is 0 Å². The lowest BCUT2D eigenvalue weighted by atomic mass is 10.0. The van der Waals surface area contributed by atoms with E-state index in [0.29, 0.717) is 38.2 Å². The Bertz CT molecular complexity index is 460. The molecule has 4 nitrogen and oxygen atoms in total. The molecule has 0 fully saturated rings. The van der Waals surface area contributed by atoms with Crippen molar-refractivity contribution in [2.24, 2.45) is 0 Å². The van der Waals surface area contributed by atoms with E-state index >= 15 is 0 Å². The molecular formula is C15H21FN2O2. The summed E-state index contributed by atoms with van der Waals surface area (Å²) in [5.74, 6) is -0.306. The van der Waals surface area contributed by atoms with E-state index in [1.165, 1.54) is 12.1 Å². The summed E-state index contributed by atoms with van der Waals surface area (Å²) in [5, 5.41) is 18.9. The molecule has 0 spiro atoms. The number of nitriles is 1. The Morgan fingerprint density at radius 1 is 1.45 bits per heavy atom. The first-order valence-corrected chi connectivity index (χ1v) is 6.60. The zero-order valence-corrected chi connectivity index (χ0v) is 12.0. The van der Waals surface area contributed by atoms with E-state index in [2.05, 4.69) is 6.07 Å². The quantitative estimate of drug-likeness (QED) is 0.791. The van der Waals surface area contributed by atoms with Crippen molar-refractivity contribution in [3.05, 3.63) is 35.1 Å². The molecule has 0 aliphatic carbocycles. The van der Waals surface area contributed by atoms with Gasteiger partial charge in [-0.25, -0.2) is 4.39 Å². The van der Waals surface area contributed by atoms with Gasteiger partial charge in [-0.3, -0.25) is 4.90 Å². The van der Waals surface area contributed by atoms with Gasteiger partial charge in [0.05, 0.1) is 18.8 Å². The average molecular weight is 280 g/mol. The van der Waals surface area contributed by atoms with Gasteiger partial charge in [0.2, 0.25) is 0 Å². The SMILES string of the molecule is COCCN(CCC#N)CC(O)c1ccc(F)cc1C. The third kappa shape index (κ3) is 5.25. The Hall–Kier alpha value is -1.48. The molecule has 0 saturated heterocycles. The predicted octanol–water partition coefficient (Wildman–Crippen LogP) is 2.03. The van der Waals surface area contributed by atoms with Crippen LogP contribution in [0.3, 0.4) is 0 Å². The van der Waals surface area contributed by atoms with E-state index in [4.69, 9.17) is 10.00 Å². The summed E-state index contributed by atoms with van der Waals surface area (Å²) in [6.07, 6.45) is -0.301. The van der Waals surface area contributed by atoms with E-state index in [1.807, 2.05) is 4.90 Å². The van der Waals surface area contributed by atoms with Crippen molar-refractivity contribution in [1.82, 2.24) is 4.90 Å². The van der Waals surface area contributed by atoms with Crippen LogP contribution >= 0.6 is 0 Å². The second kappa shape index (κ2) is 8.64. The molecule has 20 heavy (non-hydrogen) atoms. The second-order valence-corrected chi connectivity index (χ2v) is 4.72. The number of aliphatic hydroxyl groups is 1. The van der Waals surface area contributed by atoms with Crippen molar-refractivity contribution in [3.63, 3.8) is 0 Å². The maximum absolute atomic E-state index is 13.1. The molecule has 1 aromatic carbocycles. The lowest BCUT2D eigenvalue weighted by molar-refractivity contribution is 0.0898. The number of benzene rings is 1. The second-order valence-electron chi connectivity index (χ2n) is 4.72. The van der Waals surface area contributed by atoms with Gasteiger partial charge in [0, 0.05) is 33.2 Å². The summed E-state index contributed by atoms with van der Waals surface area (Å²) in [4.78, 5) is 1.97. The number of aryl methyl sites for hydroxylation is 1. The zero-order valence-electron chi connectivity index (χ0n) is 12.0. The van der Waals surface area contributed by atoms with Gasteiger partial charge in [-0.15, -0.1) is 0 Å². The Morgan fingerprint density at radius 2 is 2.20 bits per heavy atom. The van der Waals surface area contributed by atoms with Crippen LogP contribution in [0.25, 0.3) is 0 Å². The van der Waals surface area contributed by atoms with Crippen molar-refractivity contribution >= 4 is 0 Å². The van der Waals surface area contributed by atoms with Crippen LogP contribution in [0.1, 0.15) is 23.7 Å². The lowest BCUT2D eigenvalue weighted by Crippen LogP contribution is -2.32. The van der Waals surface area contributed by atoms with Crippen LogP contribution in [0.4, 0.5) is 4.39 Å². The van der Waals surface area contributed by atoms with Crippen LogP contribution in [0, 0.1) is 24.1 Å². The number of aliphatic hydroxyl groups excluding tert-OH is 1. The Morgan fingerprint density at radius 3 is 2.80 bits per heavy atom. The summed E-state index contributed by atoms with van der Waals surface area (Å²) in [5.41, 5.74) is 1.44. The van der Waals surface area contributed by atoms with Gasteiger partial charge in [0.15, 0.2) is 0 Å². The molecule has 0 amide bonds. The highest BCUT2D eigenvalue weighted by Gasteiger charge is 2.15. The molecule has 1 rings (SSSR count). The summed E-state index contributed by atoms with van der Waals surface area (Å²) >= 11 is 0. The molecule has 110 valence electrons. The fourth-order valence-corrected chi connectivity index (χ4v) is 2.08. The van der Waals surface area contributed by atoms with E-state index in [0.717, 1.165) is 5.56 Å². The van der Waals surface area contributed by atoms with E-state index in [9.17, 15) is 9.50 Å². The standard InChI is InChI=1S/C15H21FN2O2/c1-12-10-13(16)4-5-14(12)15(19)11-18(7-3-6-17)8-9-20-2/h4-5,10,15,19H,3,7-9,11H2,1-2H3. The minimum atomic E-state index is -0.703. The third-order valence-corrected chi connectivity index (χ3v) is 3.17. The molecule has 0 radical (unpaired) electrons. The Balaban J connectivity index is 2.68. The number of nitrogens with zero attached hydrogens (tertiary/aromatic N) is 2. The van der Waals surface area contributed by atoms with E-state index in [-0.39, 0.29) is 5.82 Å². The summed E-state index contributed by atoms with van der Waals surface area (Å²) in [6, 6.07) is 6.46. The predicted molar refractivity (Wildman–Crippen MR) is 74.6 cm³/mol. The first kappa shape index (κ1) is 16.6. The number of hydrogen-bond donors (Lipinski definition) is 1. The van der Waals surface area contributed by atoms with Crippen molar-refractivity contribution in [2.45, 2.75) is 19.4 Å². The molecule has 0 saturated carbocycles. The molecule has 1 N–H and O–H groups in total. The molecule has 5 heteroatoms. The molecule has 0 bridgehead atoms. The molecule has 0 heterocycles. The highest BCUT2D eigenvalue weighted by Crippen LogP contribution is 2.19. The minimum Gasteiger partial charge on any atom is -0.387 e. The topological polar surface area (TPSA) is 56.5 Å². The summed E-state index contributed by atoms with van der Waals surface area (Å²) < 4.78 is 18.1. The molecule has 0 aliphatic heterocycles. The fraction of sp³-hybridized carbons (Fsp3) is 0.533. The largest absolute Gasteiger partial charge is 0.387 e.